The lowest BCUT2D eigenvalue weighted by Crippen LogP contribution is -2.42. The number of likely N-dealkylation sites (tertiary alicyclic amines) is 1. The van der Waals surface area contributed by atoms with E-state index in [4.69, 9.17) is 0 Å². The van der Waals surface area contributed by atoms with Crippen molar-refractivity contribution in [2.75, 3.05) is 18.4 Å². The van der Waals surface area contributed by atoms with Gasteiger partial charge in [-0.25, -0.2) is 0 Å². The second kappa shape index (κ2) is 6.34. The molecule has 0 bridgehead atoms. The molecule has 1 amide bonds. The maximum Gasteiger partial charge on any atom is 0.238 e. The molecule has 0 aromatic heterocycles. The van der Waals surface area contributed by atoms with Crippen molar-refractivity contribution >= 4 is 27.5 Å². The highest BCUT2D eigenvalue weighted by molar-refractivity contribution is 9.10. The lowest BCUT2D eigenvalue weighted by Gasteiger charge is -2.32. The van der Waals surface area contributed by atoms with E-state index < -0.39 is 0 Å². The second-order valence-electron chi connectivity index (χ2n) is 4.87. The third-order valence-electron chi connectivity index (χ3n) is 3.42. The first-order chi connectivity index (χ1) is 8.65. The number of carbonyl (C=O) groups is 1. The summed E-state index contributed by atoms with van der Waals surface area (Å²) in [7, 11) is 0. The van der Waals surface area contributed by atoms with Crippen LogP contribution in [0, 0.1) is 0 Å². The van der Waals surface area contributed by atoms with Crippen molar-refractivity contribution in [3.05, 3.63) is 28.7 Å². The fourth-order valence-electron chi connectivity index (χ4n) is 2.31. The Morgan fingerprint density at radius 2 is 2.11 bits per heavy atom. The first-order valence-electron chi connectivity index (χ1n) is 6.44. The van der Waals surface area contributed by atoms with Crippen LogP contribution >= 0.6 is 15.9 Å². The van der Waals surface area contributed by atoms with E-state index in [9.17, 15) is 4.79 Å². The second-order valence-corrected chi connectivity index (χ2v) is 5.79. The smallest absolute Gasteiger partial charge is 0.238 e. The lowest BCUT2D eigenvalue weighted by atomic mass is 10.0. The predicted octanol–water partition coefficient (Wildman–Crippen LogP) is 3.26. The first-order valence-corrected chi connectivity index (χ1v) is 7.24. The van der Waals surface area contributed by atoms with Gasteiger partial charge in [-0.05, 0) is 50.6 Å². The van der Waals surface area contributed by atoms with E-state index in [2.05, 4.69) is 33.1 Å². The number of hydrogen-bond acceptors (Lipinski definition) is 2. The topological polar surface area (TPSA) is 32.3 Å². The molecular weight excluding hydrogens is 292 g/mol. The van der Waals surface area contributed by atoms with Gasteiger partial charge in [-0.2, -0.15) is 0 Å². The molecular formula is C14H19BrN2O. The summed E-state index contributed by atoms with van der Waals surface area (Å²) in [5, 5.41) is 2.94. The molecule has 1 atom stereocenters. The highest BCUT2D eigenvalue weighted by Crippen LogP contribution is 2.17. The molecule has 3 nitrogen and oxygen atoms in total. The molecule has 1 N–H and O–H groups in total. The van der Waals surface area contributed by atoms with Crippen LogP contribution in [0.25, 0.3) is 0 Å². The van der Waals surface area contributed by atoms with Crippen molar-refractivity contribution in [1.82, 2.24) is 4.90 Å². The average molecular weight is 311 g/mol. The van der Waals surface area contributed by atoms with Gasteiger partial charge in [0.25, 0.3) is 0 Å². The maximum atomic E-state index is 11.9. The highest BCUT2D eigenvalue weighted by atomic mass is 79.9. The van der Waals surface area contributed by atoms with Crippen LogP contribution in [-0.4, -0.2) is 29.9 Å². The van der Waals surface area contributed by atoms with Crippen LogP contribution in [0.4, 0.5) is 5.69 Å². The molecule has 18 heavy (non-hydrogen) atoms. The Kier molecular flexibility index (Phi) is 4.78. The van der Waals surface area contributed by atoms with Crippen LogP contribution in [0.1, 0.15) is 26.2 Å². The van der Waals surface area contributed by atoms with Crippen LogP contribution in [0.2, 0.25) is 0 Å². The Morgan fingerprint density at radius 1 is 1.39 bits per heavy atom. The summed E-state index contributed by atoms with van der Waals surface area (Å²) in [5.74, 6) is 0.0751. The fourth-order valence-corrected chi connectivity index (χ4v) is 2.58. The number of nitrogens with one attached hydrogen (secondary N) is 1. The molecule has 1 aliphatic rings. The van der Waals surface area contributed by atoms with E-state index >= 15 is 0 Å². The zero-order chi connectivity index (χ0) is 13.0. The van der Waals surface area contributed by atoms with Crippen molar-refractivity contribution in [2.45, 2.75) is 32.2 Å². The molecule has 0 spiro atoms. The molecule has 2 rings (SSSR count). The summed E-state index contributed by atoms with van der Waals surface area (Å²) in [4.78, 5) is 14.2. The summed E-state index contributed by atoms with van der Waals surface area (Å²) in [5.41, 5.74) is 0.855. The number of hydrogen-bond donors (Lipinski definition) is 1. The van der Waals surface area contributed by atoms with Gasteiger partial charge < -0.3 is 5.32 Å². The van der Waals surface area contributed by atoms with E-state index in [1.165, 1.54) is 19.3 Å². The SMILES string of the molecule is C[C@H]1CCCCN1CC(=O)Nc1ccc(Br)cc1. The van der Waals surface area contributed by atoms with Gasteiger partial charge in [-0.3, -0.25) is 9.69 Å². The summed E-state index contributed by atoms with van der Waals surface area (Å²) >= 11 is 3.38. The van der Waals surface area contributed by atoms with Gasteiger partial charge in [-0.1, -0.05) is 22.4 Å². The summed E-state index contributed by atoms with van der Waals surface area (Å²) in [6.07, 6.45) is 3.69. The number of anilines is 1. The average Bonchev–Trinajstić information content (AvgIpc) is 2.35. The van der Waals surface area contributed by atoms with Crippen molar-refractivity contribution in [1.29, 1.82) is 0 Å². The van der Waals surface area contributed by atoms with Crippen LogP contribution in [0.5, 0.6) is 0 Å². The number of piperidine rings is 1. The summed E-state index contributed by atoms with van der Waals surface area (Å²) in [6.45, 7) is 3.73. The van der Waals surface area contributed by atoms with E-state index in [1.807, 2.05) is 24.3 Å². The minimum Gasteiger partial charge on any atom is -0.325 e. The van der Waals surface area contributed by atoms with Crippen LogP contribution in [-0.2, 0) is 4.79 Å². The van der Waals surface area contributed by atoms with Gasteiger partial charge in [0.2, 0.25) is 5.91 Å². The van der Waals surface area contributed by atoms with Crippen LogP contribution < -0.4 is 5.32 Å². The third kappa shape index (κ3) is 3.82. The van der Waals surface area contributed by atoms with Gasteiger partial charge in [0.1, 0.15) is 0 Å². The van der Waals surface area contributed by atoms with Crippen LogP contribution in [0.15, 0.2) is 28.7 Å². The van der Waals surface area contributed by atoms with Crippen molar-refractivity contribution < 1.29 is 4.79 Å². The van der Waals surface area contributed by atoms with Gasteiger partial charge in [-0.15, -0.1) is 0 Å². The molecule has 0 saturated carbocycles. The number of carbonyl (C=O) groups excluding carboxylic acids is 1. The van der Waals surface area contributed by atoms with E-state index in [0.717, 1.165) is 16.7 Å². The van der Waals surface area contributed by atoms with E-state index in [1.54, 1.807) is 0 Å². The zero-order valence-corrected chi connectivity index (χ0v) is 12.2. The molecule has 1 aromatic carbocycles. The summed E-state index contributed by atoms with van der Waals surface area (Å²) in [6, 6.07) is 8.19. The summed E-state index contributed by atoms with van der Waals surface area (Å²) < 4.78 is 1.02. The molecule has 1 saturated heterocycles. The monoisotopic (exact) mass is 310 g/mol. The zero-order valence-electron chi connectivity index (χ0n) is 10.7. The molecule has 4 heteroatoms. The minimum absolute atomic E-state index is 0.0751. The quantitative estimate of drug-likeness (QED) is 0.929. The maximum absolute atomic E-state index is 11.9. The minimum atomic E-state index is 0.0751. The van der Waals surface area contributed by atoms with Crippen molar-refractivity contribution in [2.24, 2.45) is 0 Å². The Bertz CT molecular complexity index is 405. The molecule has 1 fully saturated rings. The molecule has 98 valence electrons. The Labute approximate surface area is 117 Å². The van der Waals surface area contributed by atoms with Gasteiger partial charge in [0.15, 0.2) is 0 Å². The Morgan fingerprint density at radius 3 is 2.78 bits per heavy atom. The Hall–Kier alpha value is -0.870. The first kappa shape index (κ1) is 13.6. The largest absolute Gasteiger partial charge is 0.325 e. The third-order valence-corrected chi connectivity index (χ3v) is 3.94. The van der Waals surface area contributed by atoms with Crippen molar-refractivity contribution in [3.8, 4) is 0 Å². The molecule has 1 aromatic rings. The Balaban J connectivity index is 1.86. The molecule has 1 aliphatic heterocycles. The number of rotatable bonds is 3. The van der Waals surface area contributed by atoms with Gasteiger partial charge >= 0.3 is 0 Å². The number of benzene rings is 1. The van der Waals surface area contributed by atoms with Gasteiger partial charge in [0.05, 0.1) is 6.54 Å². The number of nitrogens with zero attached hydrogens (tertiary/aromatic N) is 1. The highest BCUT2D eigenvalue weighted by Gasteiger charge is 2.20. The fraction of sp³-hybridized carbons (Fsp3) is 0.500. The van der Waals surface area contributed by atoms with E-state index in [-0.39, 0.29) is 5.91 Å². The standard InChI is InChI=1S/C14H19BrN2O/c1-11-4-2-3-9-17(11)10-14(18)16-13-7-5-12(15)6-8-13/h5-8,11H,2-4,9-10H2,1H3,(H,16,18)/t11-/m0/s1. The number of halogens is 1. The normalized spacial score (nSPS) is 20.7. The molecule has 0 radical (unpaired) electrons. The number of amides is 1. The predicted molar refractivity (Wildman–Crippen MR) is 77.7 cm³/mol. The lowest BCUT2D eigenvalue weighted by molar-refractivity contribution is -0.118. The van der Waals surface area contributed by atoms with Crippen molar-refractivity contribution in [3.63, 3.8) is 0 Å². The molecule has 0 unspecified atom stereocenters. The molecule has 1 heterocycles. The van der Waals surface area contributed by atoms with Crippen LogP contribution in [0.3, 0.4) is 0 Å². The van der Waals surface area contributed by atoms with Gasteiger partial charge in [0, 0.05) is 16.2 Å². The molecule has 0 aliphatic carbocycles. The van der Waals surface area contributed by atoms with E-state index in [0.29, 0.717) is 12.6 Å².